The smallest absolute Gasteiger partial charge is 0.261 e. The predicted molar refractivity (Wildman–Crippen MR) is 89.9 cm³/mol. The number of ether oxygens (including phenoxy) is 1. The summed E-state index contributed by atoms with van der Waals surface area (Å²) in [6, 6.07) is 8.91. The van der Waals surface area contributed by atoms with Crippen LogP contribution in [0, 0.1) is 0 Å². The molecule has 1 unspecified atom stereocenters. The molecule has 0 bridgehead atoms. The Morgan fingerprint density at radius 3 is 2.61 bits per heavy atom. The highest BCUT2D eigenvalue weighted by atomic mass is 35.5. The molecular weight excluding hydrogens is 335 g/mol. The van der Waals surface area contributed by atoms with Crippen molar-refractivity contribution in [2.45, 2.75) is 18.9 Å². The van der Waals surface area contributed by atoms with Crippen LogP contribution in [0.2, 0.25) is 10.0 Å². The number of likely N-dealkylation sites (tertiary alicyclic amines) is 1. The van der Waals surface area contributed by atoms with E-state index in [-0.39, 0.29) is 18.6 Å². The normalized spacial score (nSPS) is 17.3. The second-order valence-corrected chi connectivity index (χ2v) is 6.29. The summed E-state index contributed by atoms with van der Waals surface area (Å²) in [6.07, 6.45) is 5.45. The molecule has 4 nitrogen and oxygen atoms in total. The molecule has 1 saturated heterocycles. The summed E-state index contributed by atoms with van der Waals surface area (Å²) in [5.74, 6) is 0.455. The lowest BCUT2D eigenvalue weighted by Crippen LogP contribution is -2.34. The molecule has 120 valence electrons. The molecule has 0 radical (unpaired) electrons. The van der Waals surface area contributed by atoms with Crippen LogP contribution >= 0.6 is 23.2 Å². The minimum absolute atomic E-state index is 0.0295. The van der Waals surface area contributed by atoms with Crippen molar-refractivity contribution in [3.05, 3.63) is 58.3 Å². The Hall–Kier alpha value is -1.78. The summed E-state index contributed by atoms with van der Waals surface area (Å²) in [4.78, 5) is 18.4. The fourth-order valence-corrected chi connectivity index (χ4v) is 3.34. The molecule has 1 aromatic heterocycles. The highest BCUT2D eigenvalue weighted by Gasteiger charge is 2.29. The van der Waals surface area contributed by atoms with Crippen LogP contribution in [0.1, 0.15) is 24.4 Å². The molecule has 1 fully saturated rings. The van der Waals surface area contributed by atoms with Crippen LogP contribution < -0.4 is 4.74 Å². The largest absolute Gasteiger partial charge is 0.484 e. The first-order valence-corrected chi connectivity index (χ1v) is 8.17. The lowest BCUT2D eigenvalue weighted by Gasteiger charge is -2.25. The topological polar surface area (TPSA) is 42.4 Å². The Morgan fingerprint density at radius 1 is 1.22 bits per heavy atom. The molecular formula is C17H16Cl2N2O2. The minimum atomic E-state index is -0.0413. The van der Waals surface area contributed by atoms with E-state index in [9.17, 15) is 4.79 Å². The number of amides is 1. The third kappa shape index (κ3) is 3.95. The number of rotatable bonds is 4. The fraction of sp³-hybridized carbons (Fsp3) is 0.294. The zero-order chi connectivity index (χ0) is 16.2. The molecule has 0 N–H and O–H groups in total. The Bertz CT molecular complexity index is 674. The highest BCUT2D eigenvalue weighted by molar-refractivity contribution is 6.34. The molecule has 6 heteroatoms. The number of aromatic nitrogens is 1. The first-order valence-electron chi connectivity index (χ1n) is 7.42. The number of hydrogen-bond donors (Lipinski definition) is 0. The van der Waals surface area contributed by atoms with Gasteiger partial charge in [-0.1, -0.05) is 23.2 Å². The van der Waals surface area contributed by atoms with E-state index < -0.39 is 0 Å². The Labute approximate surface area is 145 Å². The molecule has 1 aliphatic heterocycles. The second-order valence-electron chi connectivity index (χ2n) is 5.42. The van der Waals surface area contributed by atoms with Gasteiger partial charge in [-0.3, -0.25) is 9.78 Å². The summed E-state index contributed by atoms with van der Waals surface area (Å²) in [5.41, 5.74) is 1.11. The van der Waals surface area contributed by atoms with Gasteiger partial charge in [0.25, 0.3) is 5.91 Å². The van der Waals surface area contributed by atoms with Gasteiger partial charge < -0.3 is 9.64 Å². The van der Waals surface area contributed by atoms with Crippen LogP contribution in [0.25, 0.3) is 0 Å². The van der Waals surface area contributed by atoms with Crippen LogP contribution in [-0.2, 0) is 4.79 Å². The van der Waals surface area contributed by atoms with E-state index in [0.29, 0.717) is 15.8 Å². The third-order valence-electron chi connectivity index (χ3n) is 3.86. The number of carbonyl (C=O) groups excluding carboxylic acids is 1. The highest BCUT2D eigenvalue weighted by Crippen LogP contribution is 2.31. The van der Waals surface area contributed by atoms with Gasteiger partial charge in [0, 0.05) is 29.0 Å². The van der Waals surface area contributed by atoms with Crippen molar-refractivity contribution in [3.8, 4) is 5.75 Å². The van der Waals surface area contributed by atoms with E-state index in [4.69, 9.17) is 27.9 Å². The maximum Gasteiger partial charge on any atom is 0.261 e. The molecule has 2 aromatic rings. The van der Waals surface area contributed by atoms with E-state index in [2.05, 4.69) is 4.98 Å². The van der Waals surface area contributed by atoms with Gasteiger partial charge in [-0.15, -0.1) is 0 Å². The standard InChI is InChI=1S/C17H16Cl2N2O2/c18-13-8-14(19)10-15(9-13)23-11-17(22)21-7-1-2-16(21)12-3-5-20-6-4-12/h3-6,8-10,16H,1-2,7,11H2. The summed E-state index contributed by atoms with van der Waals surface area (Å²) in [7, 11) is 0. The lowest BCUT2D eigenvalue weighted by atomic mass is 10.1. The van der Waals surface area contributed by atoms with Crippen molar-refractivity contribution in [1.29, 1.82) is 0 Å². The summed E-state index contributed by atoms with van der Waals surface area (Å²) in [6.45, 7) is 0.712. The van der Waals surface area contributed by atoms with Crippen LogP contribution in [0.15, 0.2) is 42.7 Å². The van der Waals surface area contributed by atoms with E-state index >= 15 is 0 Å². The SMILES string of the molecule is O=C(COc1cc(Cl)cc(Cl)c1)N1CCCC1c1ccncc1. The molecule has 3 rings (SSSR count). The van der Waals surface area contributed by atoms with Crippen molar-refractivity contribution in [1.82, 2.24) is 9.88 Å². The van der Waals surface area contributed by atoms with Gasteiger partial charge in [0.05, 0.1) is 6.04 Å². The average Bonchev–Trinajstić information content (AvgIpc) is 3.02. The molecule has 23 heavy (non-hydrogen) atoms. The zero-order valence-electron chi connectivity index (χ0n) is 12.4. The molecule has 1 aromatic carbocycles. The predicted octanol–water partition coefficient (Wildman–Crippen LogP) is 4.13. The van der Waals surface area contributed by atoms with Crippen LogP contribution in [0.4, 0.5) is 0 Å². The summed E-state index contributed by atoms with van der Waals surface area (Å²) >= 11 is 11.9. The van der Waals surface area contributed by atoms with Gasteiger partial charge in [0.15, 0.2) is 6.61 Å². The van der Waals surface area contributed by atoms with E-state index in [0.717, 1.165) is 24.9 Å². The number of benzene rings is 1. The van der Waals surface area contributed by atoms with Gasteiger partial charge in [0.1, 0.15) is 5.75 Å². The van der Waals surface area contributed by atoms with Crippen molar-refractivity contribution in [2.24, 2.45) is 0 Å². The molecule has 1 aliphatic rings. The second kappa shape index (κ2) is 7.20. The Kier molecular flexibility index (Phi) is 5.03. The Balaban J connectivity index is 1.65. The number of hydrogen-bond acceptors (Lipinski definition) is 3. The van der Waals surface area contributed by atoms with Crippen molar-refractivity contribution in [3.63, 3.8) is 0 Å². The van der Waals surface area contributed by atoms with Gasteiger partial charge in [-0.25, -0.2) is 0 Å². The first-order chi connectivity index (χ1) is 11.1. The molecule has 1 atom stereocenters. The van der Waals surface area contributed by atoms with Gasteiger partial charge in [0.2, 0.25) is 0 Å². The number of halogens is 2. The van der Waals surface area contributed by atoms with Crippen molar-refractivity contribution < 1.29 is 9.53 Å². The van der Waals surface area contributed by atoms with Crippen LogP contribution in [0.5, 0.6) is 5.75 Å². The molecule has 0 saturated carbocycles. The summed E-state index contributed by atoms with van der Waals surface area (Å²) in [5, 5.41) is 0.964. The van der Waals surface area contributed by atoms with E-state index in [1.54, 1.807) is 30.6 Å². The number of carbonyl (C=O) groups is 1. The Morgan fingerprint density at radius 2 is 1.91 bits per heavy atom. The number of nitrogens with zero attached hydrogens (tertiary/aromatic N) is 2. The van der Waals surface area contributed by atoms with E-state index in [1.165, 1.54) is 0 Å². The van der Waals surface area contributed by atoms with Gasteiger partial charge in [-0.2, -0.15) is 0 Å². The fourth-order valence-electron chi connectivity index (χ4n) is 2.84. The zero-order valence-corrected chi connectivity index (χ0v) is 13.9. The minimum Gasteiger partial charge on any atom is -0.484 e. The number of pyridine rings is 1. The maximum absolute atomic E-state index is 12.5. The summed E-state index contributed by atoms with van der Waals surface area (Å²) < 4.78 is 5.55. The average molecular weight is 351 g/mol. The van der Waals surface area contributed by atoms with Crippen LogP contribution in [0.3, 0.4) is 0 Å². The molecule has 1 amide bonds. The molecule has 0 spiro atoms. The lowest BCUT2D eigenvalue weighted by molar-refractivity contribution is -0.134. The quantitative estimate of drug-likeness (QED) is 0.832. The van der Waals surface area contributed by atoms with Crippen LogP contribution in [-0.4, -0.2) is 28.9 Å². The monoisotopic (exact) mass is 350 g/mol. The third-order valence-corrected chi connectivity index (χ3v) is 4.30. The maximum atomic E-state index is 12.5. The van der Waals surface area contributed by atoms with E-state index in [1.807, 2.05) is 17.0 Å². The molecule has 0 aliphatic carbocycles. The van der Waals surface area contributed by atoms with Crippen molar-refractivity contribution in [2.75, 3.05) is 13.2 Å². The van der Waals surface area contributed by atoms with Gasteiger partial charge in [-0.05, 0) is 48.7 Å². The molecule has 2 heterocycles. The van der Waals surface area contributed by atoms with Gasteiger partial charge >= 0.3 is 0 Å². The van der Waals surface area contributed by atoms with Crippen molar-refractivity contribution >= 4 is 29.1 Å². The first kappa shape index (κ1) is 16.1.